The summed E-state index contributed by atoms with van der Waals surface area (Å²) in [5, 5.41) is 2.60. The molecule has 0 spiro atoms. The minimum atomic E-state index is 0.0275. The van der Waals surface area contributed by atoms with E-state index in [1.165, 1.54) is 92.7 Å². The Bertz CT molecular complexity index is 3050. The van der Waals surface area contributed by atoms with Crippen LogP contribution < -0.4 is 37.0 Å². The zero-order chi connectivity index (χ0) is 37.6. The van der Waals surface area contributed by atoms with E-state index in [-0.39, 0.29) is 36.2 Å². The average molecular weight is 739 g/mol. The van der Waals surface area contributed by atoms with Crippen molar-refractivity contribution >= 4 is 85.7 Å². The van der Waals surface area contributed by atoms with Crippen molar-refractivity contribution in [1.29, 1.82) is 0 Å². The van der Waals surface area contributed by atoms with Gasteiger partial charge in [-0.3, -0.25) is 0 Å². The lowest BCUT2D eigenvalue weighted by atomic mass is 9.32. The third kappa shape index (κ3) is 3.89. The smallest absolute Gasteiger partial charge is 0.256 e. The van der Waals surface area contributed by atoms with E-state index in [0.717, 1.165) is 11.5 Å². The normalized spacial score (nSPS) is 19.1. The van der Waals surface area contributed by atoms with E-state index in [1.54, 1.807) is 5.47 Å². The number of benzene rings is 6. The topological polar surface area (TPSA) is 17.4 Å². The van der Waals surface area contributed by atoms with Gasteiger partial charge in [-0.1, -0.05) is 137 Å². The van der Waals surface area contributed by atoms with Crippen LogP contribution in [-0.2, 0) is 10.8 Å². The lowest BCUT2D eigenvalue weighted by Crippen LogP contribution is -2.59. The zero-order valence-electron chi connectivity index (χ0n) is 32.6. The van der Waals surface area contributed by atoms with Gasteiger partial charge in [0.05, 0.1) is 17.1 Å². The lowest BCUT2D eigenvalue weighted by molar-refractivity contribution is 0.488. The first-order valence-electron chi connectivity index (χ1n) is 20.2. The van der Waals surface area contributed by atoms with Crippen LogP contribution in [0.5, 0.6) is 11.5 Å². The number of thioether (sulfide) groups is 1. The monoisotopic (exact) mass is 738 g/mol. The Morgan fingerprint density at radius 1 is 0.625 bits per heavy atom. The predicted molar refractivity (Wildman–Crippen MR) is 238 cm³/mol. The lowest BCUT2D eigenvalue weighted by Gasteiger charge is -2.46. The standard InChI is InChI=1S/C50H40B2N2OS/c1-49(2,3)27-15-19-37-35(23-27)51-33-11-7-9-13-41(33)55-42-21-17-29-31-25-40-32(26-39(31)53(37)47(29)45(42)51)30-18-22-44-46-48(30)54(40)38-20-16-28(50(4,5)6)24-36(38)52(46)34-12-8-10-14-43(34)56-44/h7-26,30,48H,1-6H3. The summed E-state index contributed by atoms with van der Waals surface area (Å²) in [5.41, 5.74) is 19.2. The van der Waals surface area contributed by atoms with E-state index in [0.29, 0.717) is 0 Å². The average Bonchev–Trinajstić information content (AvgIpc) is 3.70. The number of anilines is 2. The molecule has 0 amide bonds. The molecular weight excluding hydrogens is 698 g/mol. The highest BCUT2D eigenvalue weighted by molar-refractivity contribution is 8.03. The van der Waals surface area contributed by atoms with Crippen LogP contribution in [0.4, 0.5) is 11.4 Å². The zero-order valence-corrected chi connectivity index (χ0v) is 33.4. The van der Waals surface area contributed by atoms with Gasteiger partial charge in [0.2, 0.25) is 6.71 Å². The van der Waals surface area contributed by atoms with Crippen molar-refractivity contribution in [3.63, 3.8) is 0 Å². The second kappa shape index (κ2) is 10.3. The molecule has 7 aromatic rings. The largest absolute Gasteiger partial charge is 0.458 e. The first-order valence-corrected chi connectivity index (χ1v) is 21.1. The van der Waals surface area contributed by atoms with Crippen molar-refractivity contribution < 1.29 is 4.74 Å². The van der Waals surface area contributed by atoms with Crippen molar-refractivity contribution in [3.8, 4) is 17.2 Å². The van der Waals surface area contributed by atoms with Gasteiger partial charge in [-0.2, -0.15) is 0 Å². The SMILES string of the molecule is CC(C)(C)c1ccc2c(c1)B1C3=C(C=CC4c5cc6c(cc5N2C34)c2ccc3c4c2n6-c2ccc(C(C)(C)C)cc2B4c2ccccc2O3)Sc2ccccc21. The molecule has 3 nitrogen and oxygen atoms in total. The molecule has 0 fully saturated rings. The fraction of sp³-hybridized carbons (Fsp3) is 0.200. The highest BCUT2D eigenvalue weighted by Gasteiger charge is 2.53. The molecule has 6 heterocycles. The highest BCUT2D eigenvalue weighted by atomic mass is 32.2. The van der Waals surface area contributed by atoms with Crippen molar-refractivity contribution in [1.82, 2.24) is 4.57 Å². The molecule has 13 rings (SSSR count). The first-order chi connectivity index (χ1) is 27.0. The van der Waals surface area contributed by atoms with E-state index in [1.807, 2.05) is 11.8 Å². The molecule has 6 aliphatic rings. The van der Waals surface area contributed by atoms with Crippen molar-refractivity contribution in [3.05, 3.63) is 148 Å². The maximum absolute atomic E-state index is 6.75. The van der Waals surface area contributed by atoms with Gasteiger partial charge in [-0.05, 0) is 97.9 Å². The second-order valence-electron chi connectivity index (χ2n) is 18.8. The molecule has 0 radical (unpaired) electrons. The first kappa shape index (κ1) is 31.8. The fourth-order valence-electron chi connectivity index (χ4n) is 11.2. The van der Waals surface area contributed by atoms with Crippen LogP contribution in [0.15, 0.2) is 137 Å². The number of aromatic nitrogens is 1. The fourth-order valence-corrected chi connectivity index (χ4v) is 12.4. The van der Waals surface area contributed by atoms with Crippen LogP contribution in [0.1, 0.15) is 64.2 Å². The summed E-state index contributed by atoms with van der Waals surface area (Å²) in [7, 11) is 0. The van der Waals surface area contributed by atoms with Gasteiger partial charge in [0.15, 0.2) is 0 Å². The molecule has 5 aliphatic heterocycles. The molecule has 6 heteroatoms. The number of hydrogen-bond acceptors (Lipinski definition) is 3. The molecule has 0 bridgehead atoms. The number of fused-ring (bicyclic) bond motifs is 16. The molecule has 0 saturated carbocycles. The van der Waals surface area contributed by atoms with Gasteiger partial charge in [0.1, 0.15) is 11.5 Å². The number of hydrogen-bond donors (Lipinski definition) is 0. The minimum absolute atomic E-state index is 0.0275. The number of nitrogens with zero attached hydrogens (tertiary/aromatic N) is 2. The Hall–Kier alpha value is -5.32. The molecular formula is C50H40B2N2OS. The molecule has 2 unspecified atom stereocenters. The summed E-state index contributed by atoms with van der Waals surface area (Å²) < 4.78 is 9.34. The molecule has 0 N–H and O–H groups in total. The van der Waals surface area contributed by atoms with Gasteiger partial charge >= 0.3 is 0 Å². The Labute approximate surface area is 333 Å². The van der Waals surface area contributed by atoms with E-state index in [4.69, 9.17) is 4.74 Å². The van der Waals surface area contributed by atoms with E-state index < -0.39 is 0 Å². The summed E-state index contributed by atoms with van der Waals surface area (Å²) in [6, 6.07) is 42.4. The number of allylic oxidation sites excluding steroid dienone is 1. The Morgan fingerprint density at radius 3 is 2.12 bits per heavy atom. The van der Waals surface area contributed by atoms with Gasteiger partial charge in [0, 0.05) is 43.6 Å². The molecule has 1 aliphatic carbocycles. The van der Waals surface area contributed by atoms with Crippen LogP contribution in [0.2, 0.25) is 0 Å². The number of rotatable bonds is 0. The summed E-state index contributed by atoms with van der Waals surface area (Å²) in [6.07, 6.45) is 4.98. The number of ether oxygens (including phenoxy) is 1. The summed E-state index contributed by atoms with van der Waals surface area (Å²) in [6.45, 7) is 14.3. The summed E-state index contributed by atoms with van der Waals surface area (Å²) in [5.74, 6) is 2.19. The maximum Gasteiger partial charge on any atom is 0.256 e. The number of para-hydroxylation sites is 1. The molecule has 6 aromatic carbocycles. The Balaban J connectivity index is 1.11. The van der Waals surface area contributed by atoms with Crippen LogP contribution in [-0.4, -0.2) is 24.0 Å². The Morgan fingerprint density at radius 2 is 1.34 bits per heavy atom. The second-order valence-corrected chi connectivity index (χ2v) is 19.9. The maximum atomic E-state index is 6.75. The van der Waals surface area contributed by atoms with Crippen molar-refractivity contribution in [2.45, 2.75) is 69.2 Å². The van der Waals surface area contributed by atoms with Gasteiger partial charge in [-0.15, -0.1) is 0 Å². The third-order valence-corrected chi connectivity index (χ3v) is 15.0. The third-order valence-electron chi connectivity index (χ3n) is 13.8. The van der Waals surface area contributed by atoms with Gasteiger partial charge in [-0.25, -0.2) is 0 Å². The van der Waals surface area contributed by atoms with E-state index in [9.17, 15) is 0 Å². The van der Waals surface area contributed by atoms with E-state index in [2.05, 4.69) is 172 Å². The summed E-state index contributed by atoms with van der Waals surface area (Å²) in [4.78, 5) is 5.55. The quantitative estimate of drug-likeness (QED) is 0.145. The van der Waals surface area contributed by atoms with Crippen LogP contribution >= 0.6 is 11.8 Å². The minimum Gasteiger partial charge on any atom is -0.458 e. The Kier molecular flexibility index (Phi) is 5.88. The summed E-state index contributed by atoms with van der Waals surface area (Å²) >= 11 is 1.96. The molecule has 1 aromatic heterocycles. The van der Waals surface area contributed by atoms with Crippen molar-refractivity contribution in [2.75, 3.05) is 4.90 Å². The highest BCUT2D eigenvalue weighted by Crippen LogP contribution is 2.57. The van der Waals surface area contributed by atoms with Crippen LogP contribution in [0.25, 0.3) is 27.5 Å². The molecule has 2 atom stereocenters. The molecule has 0 saturated heterocycles. The van der Waals surface area contributed by atoms with Crippen LogP contribution in [0, 0.1) is 0 Å². The van der Waals surface area contributed by atoms with Crippen molar-refractivity contribution in [2.24, 2.45) is 0 Å². The van der Waals surface area contributed by atoms with Gasteiger partial charge in [0.25, 0.3) is 6.71 Å². The predicted octanol–water partition coefficient (Wildman–Crippen LogP) is 9.01. The molecule has 268 valence electrons. The van der Waals surface area contributed by atoms with E-state index >= 15 is 0 Å². The van der Waals surface area contributed by atoms with Gasteiger partial charge < -0.3 is 14.2 Å². The van der Waals surface area contributed by atoms with Crippen LogP contribution in [0.3, 0.4) is 0 Å². The molecule has 56 heavy (non-hydrogen) atoms.